The molecule has 0 aliphatic carbocycles. The molecule has 0 atom stereocenters. The van der Waals surface area contributed by atoms with E-state index in [2.05, 4.69) is 10.6 Å². The third-order valence-corrected chi connectivity index (χ3v) is 3.73. The summed E-state index contributed by atoms with van der Waals surface area (Å²) >= 11 is 11.4. The Kier molecular flexibility index (Phi) is 5.04. The molecule has 0 aliphatic rings. The molecule has 0 aromatic heterocycles. The first-order chi connectivity index (χ1) is 9.99. The number of halogens is 1. The Hall–Kier alpha value is -1.78. The van der Waals surface area contributed by atoms with Gasteiger partial charge in [-0.05, 0) is 55.4 Å². The fourth-order valence-electron chi connectivity index (χ4n) is 1.82. The molecule has 0 saturated heterocycles. The zero-order chi connectivity index (χ0) is 15.4. The van der Waals surface area contributed by atoms with Gasteiger partial charge in [-0.2, -0.15) is 0 Å². The van der Waals surface area contributed by atoms with Crippen LogP contribution in [0.1, 0.15) is 11.1 Å². The second-order valence-corrected chi connectivity index (χ2v) is 5.54. The second-order valence-electron chi connectivity index (χ2n) is 4.72. The molecule has 2 rings (SSSR count). The maximum absolute atomic E-state index is 6.10. The van der Waals surface area contributed by atoms with Gasteiger partial charge >= 0.3 is 0 Å². The van der Waals surface area contributed by atoms with Crippen LogP contribution in [-0.2, 0) is 0 Å². The van der Waals surface area contributed by atoms with Crippen molar-refractivity contribution < 1.29 is 4.74 Å². The standard InChI is InChI=1S/C16H17ClN2OS/c1-10-4-6-12(8-14(10)17)18-16(21)19-15-9-13(20-3)7-5-11(15)2/h4-9H,1-3H3,(H2,18,19,21). The summed E-state index contributed by atoms with van der Waals surface area (Å²) in [7, 11) is 1.64. The molecule has 2 aromatic carbocycles. The van der Waals surface area contributed by atoms with E-state index in [1.54, 1.807) is 7.11 Å². The molecule has 110 valence electrons. The maximum atomic E-state index is 6.10. The van der Waals surface area contributed by atoms with Crippen molar-refractivity contribution in [1.29, 1.82) is 0 Å². The van der Waals surface area contributed by atoms with E-state index in [4.69, 9.17) is 28.6 Å². The van der Waals surface area contributed by atoms with E-state index < -0.39 is 0 Å². The molecule has 0 aliphatic heterocycles. The van der Waals surface area contributed by atoms with Gasteiger partial charge in [-0.25, -0.2) is 0 Å². The first-order valence-electron chi connectivity index (χ1n) is 6.48. The van der Waals surface area contributed by atoms with Crippen LogP contribution in [0, 0.1) is 13.8 Å². The van der Waals surface area contributed by atoms with Crippen molar-refractivity contribution >= 4 is 40.3 Å². The van der Waals surface area contributed by atoms with Crippen LogP contribution in [0.4, 0.5) is 11.4 Å². The highest BCUT2D eigenvalue weighted by Gasteiger charge is 2.05. The molecule has 0 heterocycles. The van der Waals surface area contributed by atoms with E-state index in [0.29, 0.717) is 10.1 Å². The molecular formula is C16H17ClN2OS. The van der Waals surface area contributed by atoms with Gasteiger partial charge in [-0.1, -0.05) is 23.7 Å². The Morgan fingerprint density at radius 1 is 1.05 bits per heavy atom. The largest absolute Gasteiger partial charge is 0.497 e. The van der Waals surface area contributed by atoms with Crippen LogP contribution >= 0.6 is 23.8 Å². The van der Waals surface area contributed by atoms with Crippen molar-refractivity contribution in [3.63, 3.8) is 0 Å². The Balaban J connectivity index is 2.09. The Bertz CT molecular complexity index is 673. The fourth-order valence-corrected chi connectivity index (χ4v) is 2.23. The van der Waals surface area contributed by atoms with Crippen LogP contribution in [0.15, 0.2) is 36.4 Å². The average Bonchev–Trinajstić information content (AvgIpc) is 2.45. The number of rotatable bonds is 3. The molecule has 3 nitrogen and oxygen atoms in total. The lowest BCUT2D eigenvalue weighted by molar-refractivity contribution is 0.415. The highest BCUT2D eigenvalue weighted by atomic mass is 35.5. The van der Waals surface area contributed by atoms with Crippen molar-refractivity contribution in [2.75, 3.05) is 17.7 Å². The van der Waals surface area contributed by atoms with Gasteiger partial charge in [-0.3, -0.25) is 0 Å². The summed E-state index contributed by atoms with van der Waals surface area (Å²) in [4.78, 5) is 0. The van der Waals surface area contributed by atoms with Crippen LogP contribution in [0.25, 0.3) is 0 Å². The fraction of sp³-hybridized carbons (Fsp3) is 0.188. The maximum Gasteiger partial charge on any atom is 0.175 e. The molecule has 0 radical (unpaired) electrons. The van der Waals surface area contributed by atoms with Crippen molar-refractivity contribution in [3.8, 4) is 5.75 Å². The minimum atomic E-state index is 0.506. The molecule has 0 saturated carbocycles. The number of hydrogen-bond acceptors (Lipinski definition) is 2. The van der Waals surface area contributed by atoms with Crippen molar-refractivity contribution in [1.82, 2.24) is 0 Å². The average molecular weight is 321 g/mol. The summed E-state index contributed by atoms with van der Waals surface area (Å²) in [6.07, 6.45) is 0. The second kappa shape index (κ2) is 6.78. The lowest BCUT2D eigenvalue weighted by Crippen LogP contribution is -2.19. The van der Waals surface area contributed by atoms with Crippen LogP contribution in [0.3, 0.4) is 0 Å². The van der Waals surface area contributed by atoms with E-state index >= 15 is 0 Å². The van der Waals surface area contributed by atoms with E-state index in [-0.39, 0.29) is 0 Å². The Morgan fingerprint density at radius 3 is 2.43 bits per heavy atom. The zero-order valence-corrected chi connectivity index (χ0v) is 13.7. The first kappa shape index (κ1) is 15.6. The summed E-state index contributed by atoms with van der Waals surface area (Å²) in [6.45, 7) is 3.97. The molecule has 2 N–H and O–H groups in total. The highest BCUT2D eigenvalue weighted by molar-refractivity contribution is 7.80. The van der Waals surface area contributed by atoms with Crippen LogP contribution in [0.5, 0.6) is 5.75 Å². The van der Waals surface area contributed by atoms with E-state index in [0.717, 1.165) is 28.3 Å². The third kappa shape index (κ3) is 4.09. The minimum Gasteiger partial charge on any atom is -0.497 e. The van der Waals surface area contributed by atoms with Gasteiger partial charge in [0.1, 0.15) is 5.75 Å². The smallest absolute Gasteiger partial charge is 0.175 e. The number of thiocarbonyl (C=S) groups is 1. The number of aryl methyl sites for hydroxylation is 2. The molecule has 5 heteroatoms. The molecule has 0 bridgehead atoms. The molecule has 0 spiro atoms. The normalized spacial score (nSPS) is 10.1. The molecule has 0 amide bonds. The number of anilines is 2. The topological polar surface area (TPSA) is 33.3 Å². The molecular weight excluding hydrogens is 304 g/mol. The summed E-state index contributed by atoms with van der Waals surface area (Å²) in [5.41, 5.74) is 3.88. The first-order valence-corrected chi connectivity index (χ1v) is 7.27. The summed E-state index contributed by atoms with van der Waals surface area (Å²) in [5.74, 6) is 0.782. The monoisotopic (exact) mass is 320 g/mol. The lowest BCUT2D eigenvalue weighted by Gasteiger charge is -2.14. The summed E-state index contributed by atoms with van der Waals surface area (Å²) in [5, 5.41) is 7.50. The van der Waals surface area contributed by atoms with Crippen LogP contribution in [0.2, 0.25) is 5.02 Å². The number of ether oxygens (including phenoxy) is 1. The zero-order valence-electron chi connectivity index (χ0n) is 12.2. The predicted molar refractivity (Wildman–Crippen MR) is 93.8 cm³/mol. The molecule has 0 unspecified atom stereocenters. The quantitative estimate of drug-likeness (QED) is 0.798. The number of hydrogen-bond donors (Lipinski definition) is 2. The van der Waals surface area contributed by atoms with Crippen LogP contribution in [-0.4, -0.2) is 12.2 Å². The van der Waals surface area contributed by atoms with Gasteiger partial charge in [0.25, 0.3) is 0 Å². The van der Waals surface area contributed by atoms with E-state index in [1.807, 2.05) is 50.2 Å². The van der Waals surface area contributed by atoms with Gasteiger partial charge in [0.2, 0.25) is 0 Å². The van der Waals surface area contributed by atoms with Crippen molar-refractivity contribution in [3.05, 3.63) is 52.5 Å². The number of methoxy groups -OCH3 is 1. The van der Waals surface area contributed by atoms with Gasteiger partial charge < -0.3 is 15.4 Å². The number of benzene rings is 2. The molecule has 0 fully saturated rings. The molecule has 21 heavy (non-hydrogen) atoms. The summed E-state index contributed by atoms with van der Waals surface area (Å²) < 4.78 is 5.22. The lowest BCUT2D eigenvalue weighted by atomic mass is 10.2. The SMILES string of the molecule is COc1ccc(C)c(NC(=S)Nc2ccc(C)c(Cl)c2)c1. The molecule has 2 aromatic rings. The third-order valence-electron chi connectivity index (χ3n) is 3.12. The Labute approximate surface area is 135 Å². The van der Waals surface area contributed by atoms with Crippen molar-refractivity contribution in [2.45, 2.75) is 13.8 Å². The highest BCUT2D eigenvalue weighted by Crippen LogP contribution is 2.23. The van der Waals surface area contributed by atoms with Gasteiger partial charge in [0.15, 0.2) is 5.11 Å². The van der Waals surface area contributed by atoms with Gasteiger partial charge in [0, 0.05) is 22.5 Å². The summed E-state index contributed by atoms with van der Waals surface area (Å²) in [6, 6.07) is 11.5. The minimum absolute atomic E-state index is 0.506. The predicted octanol–water partition coefficient (Wildman–Crippen LogP) is 4.77. The Morgan fingerprint density at radius 2 is 1.76 bits per heavy atom. The van der Waals surface area contributed by atoms with Crippen LogP contribution < -0.4 is 15.4 Å². The number of nitrogens with one attached hydrogen (secondary N) is 2. The van der Waals surface area contributed by atoms with Gasteiger partial charge in [-0.15, -0.1) is 0 Å². The van der Waals surface area contributed by atoms with Gasteiger partial charge in [0.05, 0.1) is 7.11 Å². The van der Waals surface area contributed by atoms with Crippen molar-refractivity contribution in [2.24, 2.45) is 0 Å². The van der Waals surface area contributed by atoms with E-state index in [1.165, 1.54) is 0 Å². The van der Waals surface area contributed by atoms with E-state index in [9.17, 15) is 0 Å².